The Morgan fingerprint density at radius 3 is 2.86 bits per heavy atom. The molecule has 0 aliphatic rings. The first-order valence-electron chi connectivity index (χ1n) is 3.91. The normalized spacial score (nSPS) is 9.43. The van der Waals surface area contributed by atoms with Gasteiger partial charge >= 0.3 is 0 Å². The van der Waals surface area contributed by atoms with E-state index in [4.69, 9.17) is 18.2 Å². The van der Waals surface area contributed by atoms with Crippen LogP contribution < -0.4 is 0 Å². The summed E-state index contributed by atoms with van der Waals surface area (Å²) in [6, 6.07) is 4.37. The van der Waals surface area contributed by atoms with E-state index in [1.54, 1.807) is 0 Å². The van der Waals surface area contributed by atoms with E-state index in [9.17, 15) is 10.1 Å². The Morgan fingerprint density at radius 2 is 2.29 bits per heavy atom. The number of benzene rings is 1. The van der Waals surface area contributed by atoms with Gasteiger partial charge in [-0.05, 0) is 12.1 Å². The highest BCUT2D eigenvalue weighted by molar-refractivity contribution is 6.30. The number of nitro benzene ring substituents is 1. The summed E-state index contributed by atoms with van der Waals surface area (Å²) < 4.78 is 0. The average molecular weight is 211 g/mol. The molecule has 14 heavy (non-hydrogen) atoms. The fourth-order valence-electron chi connectivity index (χ4n) is 1.11. The van der Waals surface area contributed by atoms with Crippen LogP contribution in [0.15, 0.2) is 18.2 Å². The van der Waals surface area contributed by atoms with Gasteiger partial charge in [0.1, 0.15) is 0 Å². The first kappa shape index (κ1) is 10.5. The molecule has 1 rings (SSSR count). The molecule has 0 unspecified atom stereocenters. The zero-order valence-electron chi connectivity index (χ0n) is 7.24. The summed E-state index contributed by atoms with van der Waals surface area (Å²) in [7, 11) is 0. The Morgan fingerprint density at radius 1 is 1.57 bits per heavy atom. The van der Waals surface area contributed by atoms with Crippen molar-refractivity contribution in [2.45, 2.75) is 6.42 Å². The molecule has 0 fully saturated rings. The lowest BCUT2D eigenvalue weighted by Gasteiger charge is -1.99. The van der Waals surface area contributed by atoms with Gasteiger partial charge in [-0.3, -0.25) is 10.1 Å². The molecule has 0 spiro atoms. The van der Waals surface area contributed by atoms with Crippen LogP contribution >= 0.6 is 11.6 Å². The minimum Gasteiger partial charge on any atom is -0.317 e. The summed E-state index contributed by atoms with van der Waals surface area (Å²) in [5.41, 5.74) is 0.538. The van der Waals surface area contributed by atoms with Crippen molar-refractivity contribution >= 4 is 17.3 Å². The number of hydrogen-bond donors (Lipinski definition) is 0. The van der Waals surface area contributed by atoms with E-state index >= 15 is 0 Å². The predicted molar refractivity (Wildman–Crippen MR) is 53.3 cm³/mol. The molecule has 5 heteroatoms. The molecule has 0 amide bonds. The number of halogens is 1. The maximum atomic E-state index is 10.6. The second-order valence-corrected chi connectivity index (χ2v) is 3.10. The van der Waals surface area contributed by atoms with Crippen LogP contribution in [0.2, 0.25) is 5.02 Å². The second-order valence-electron chi connectivity index (χ2n) is 2.66. The highest BCUT2D eigenvalue weighted by atomic mass is 35.5. The third-order valence-electron chi connectivity index (χ3n) is 1.73. The SMILES string of the molecule is [C-]#[N+]CCc1cc(Cl)ccc1[N+](=O)[O-]. The van der Waals surface area contributed by atoms with Gasteiger partial charge < -0.3 is 4.85 Å². The fourth-order valence-corrected chi connectivity index (χ4v) is 1.30. The molecule has 0 bridgehead atoms. The molecule has 0 radical (unpaired) electrons. The van der Waals surface area contributed by atoms with Crippen molar-refractivity contribution in [2.75, 3.05) is 6.54 Å². The highest BCUT2D eigenvalue weighted by Gasteiger charge is 2.13. The maximum Gasteiger partial charge on any atom is 0.272 e. The van der Waals surface area contributed by atoms with Crippen molar-refractivity contribution in [2.24, 2.45) is 0 Å². The van der Waals surface area contributed by atoms with E-state index in [-0.39, 0.29) is 12.2 Å². The molecule has 0 saturated heterocycles. The molecule has 0 saturated carbocycles. The molecule has 72 valence electrons. The highest BCUT2D eigenvalue weighted by Crippen LogP contribution is 2.22. The van der Waals surface area contributed by atoms with Crippen LogP contribution in [-0.4, -0.2) is 11.5 Å². The van der Waals surface area contributed by atoms with Crippen LogP contribution in [-0.2, 0) is 6.42 Å². The summed E-state index contributed by atoms with van der Waals surface area (Å²) in [6.45, 7) is 6.84. The van der Waals surface area contributed by atoms with Crippen molar-refractivity contribution in [3.63, 3.8) is 0 Å². The Bertz CT molecular complexity index is 398. The Kier molecular flexibility index (Phi) is 3.43. The molecule has 1 aromatic carbocycles. The number of nitrogens with zero attached hydrogens (tertiary/aromatic N) is 2. The molecule has 0 atom stereocenters. The first-order chi connectivity index (χ1) is 6.65. The molecular formula is C9H7ClN2O2. The number of rotatable bonds is 3. The summed E-state index contributed by atoms with van der Waals surface area (Å²) in [5.74, 6) is 0. The first-order valence-corrected chi connectivity index (χ1v) is 4.29. The summed E-state index contributed by atoms with van der Waals surface area (Å²) in [6.07, 6.45) is 0.361. The van der Waals surface area contributed by atoms with E-state index in [1.807, 2.05) is 0 Å². The quantitative estimate of drug-likeness (QED) is 0.438. The predicted octanol–water partition coefficient (Wildman–Crippen LogP) is 2.71. The molecule has 0 aliphatic heterocycles. The third kappa shape index (κ3) is 2.44. The molecule has 0 aromatic heterocycles. The van der Waals surface area contributed by atoms with Crippen LogP contribution in [0, 0.1) is 16.7 Å². The summed E-state index contributed by atoms with van der Waals surface area (Å²) >= 11 is 5.70. The second kappa shape index (κ2) is 4.58. The lowest BCUT2D eigenvalue weighted by atomic mass is 10.1. The fraction of sp³-hybridized carbons (Fsp3) is 0.222. The molecular weight excluding hydrogens is 204 g/mol. The van der Waals surface area contributed by atoms with Crippen LogP contribution in [0.1, 0.15) is 5.56 Å². The molecule has 1 aromatic rings. The van der Waals surface area contributed by atoms with E-state index in [0.29, 0.717) is 17.0 Å². The number of hydrogen-bond acceptors (Lipinski definition) is 2. The zero-order chi connectivity index (χ0) is 10.6. The molecule has 0 heterocycles. The van der Waals surface area contributed by atoms with E-state index in [2.05, 4.69) is 4.85 Å². The van der Waals surface area contributed by atoms with E-state index < -0.39 is 4.92 Å². The Balaban J connectivity index is 3.04. The van der Waals surface area contributed by atoms with Gasteiger partial charge in [-0.1, -0.05) is 11.6 Å². The van der Waals surface area contributed by atoms with Crippen LogP contribution in [0.3, 0.4) is 0 Å². The van der Waals surface area contributed by atoms with Crippen molar-refractivity contribution in [3.05, 3.63) is 50.3 Å². The smallest absolute Gasteiger partial charge is 0.272 e. The lowest BCUT2D eigenvalue weighted by Crippen LogP contribution is -1.96. The van der Waals surface area contributed by atoms with Crippen LogP contribution in [0.5, 0.6) is 0 Å². The number of nitro groups is 1. The zero-order valence-corrected chi connectivity index (χ0v) is 7.99. The largest absolute Gasteiger partial charge is 0.317 e. The van der Waals surface area contributed by atoms with Gasteiger partial charge in [0, 0.05) is 16.7 Å². The van der Waals surface area contributed by atoms with Gasteiger partial charge in [-0.15, -0.1) is 0 Å². The Labute approximate surface area is 86.1 Å². The van der Waals surface area contributed by atoms with Crippen molar-refractivity contribution < 1.29 is 4.92 Å². The summed E-state index contributed by atoms with van der Waals surface area (Å²) in [5, 5.41) is 11.0. The maximum absolute atomic E-state index is 10.6. The van der Waals surface area contributed by atoms with Crippen molar-refractivity contribution in [1.82, 2.24) is 0 Å². The minimum absolute atomic E-state index is 0.0260. The minimum atomic E-state index is -0.463. The topological polar surface area (TPSA) is 47.5 Å². The van der Waals surface area contributed by atoms with E-state index in [0.717, 1.165) is 0 Å². The van der Waals surface area contributed by atoms with Gasteiger partial charge in [0.25, 0.3) is 5.69 Å². The van der Waals surface area contributed by atoms with E-state index in [1.165, 1.54) is 18.2 Å². The monoisotopic (exact) mass is 210 g/mol. The Hall–Kier alpha value is -1.60. The van der Waals surface area contributed by atoms with Gasteiger partial charge in [0.2, 0.25) is 6.54 Å². The standard InChI is InChI=1S/C9H7ClN2O2/c1-11-5-4-7-6-8(10)2-3-9(7)12(13)14/h2-3,6H,4-5H2. The van der Waals surface area contributed by atoms with Gasteiger partial charge in [0.05, 0.1) is 11.3 Å². The van der Waals surface area contributed by atoms with Gasteiger partial charge in [-0.25, -0.2) is 6.57 Å². The lowest BCUT2D eigenvalue weighted by molar-refractivity contribution is -0.385. The van der Waals surface area contributed by atoms with Gasteiger partial charge in [0.15, 0.2) is 0 Å². The summed E-state index contributed by atoms with van der Waals surface area (Å²) in [4.78, 5) is 13.3. The van der Waals surface area contributed by atoms with Crippen LogP contribution in [0.25, 0.3) is 4.85 Å². The van der Waals surface area contributed by atoms with Crippen LogP contribution in [0.4, 0.5) is 5.69 Å². The van der Waals surface area contributed by atoms with Gasteiger partial charge in [-0.2, -0.15) is 0 Å². The van der Waals surface area contributed by atoms with Crippen molar-refractivity contribution in [3.8, 4) is 0 Å². The average Bonchev–Trinajstić information content (AvgIpc) is 2.14. The van der Waals surface area contributed by atoms with Crippen molar-refractivity contribution in [1.29, 1.82) is 0 Å². The molecule has 0 aliphatic carbocycles. The molecule has 0 N–H and O–H groups in total. The molecule has 4 nitrogen and oxygen atoms in total. The third-order valence-corrected chi connectivity index (χ3v) is 1.97.